The highest BCUT2D eigenvalue weighted by Crippen LogP contribution is 2.38. The van der Waals surface area contributed by atoms with Crippen molar-refractivity contribution < 1.29 is 28.6 Å². The molecule has 1 fully saturated rings. The molecule has 32 heavy (non-hydrogen) atoms. The minimum atomic E-state index is -0.526. The highest BCUT2D eigenvalue weighted by Gasteiger charge is 2.35. The zero-order valence-corrected chi connectivity index (χ0v) is 20.4. The zero-order chi connectivity index (χ0) is 23.3. The van der Waals surface area contributed by atoms with Gasteiger partial charge in [0.15, 0.2) is 18.1 Å². The number of thioether (sulfide) groups is 1. The molecule has 1 saturated heterocycles. The lowest BCUT2D eigenvalue weighted by molar-refractivity contribution is -0.143. The summed E-state index contributed by atoms with van der Waals surface area (Å²) in [5.74, 6) is -0.170. The average Bonchev–Trinajstić information content (AvgIpc) is 3.03. The molecule has 0 atom stereocenters. The molecule has 0 unspecified atom stereocenters. The van der Waals surface area contributed by atoms with Crippen molar-refractivity contribution in [3.8, 4) is 11.5 Å². The highest BCUT2D eigenvalue weighted by atomic mass is 79.9. The molecule has 2 aromatic carbocycles. The van der Waals surface area contributed by atoms with Crippen molar-refractivity contribution in [3.05, 3.63) is 61.9 Å². The van der Waals surface area contributed by atoms with Crippen molar-refractivity contribution in [1.82, 2.24) is 4.90 Å². The van der Waals surface area contributed by atoms with Gasteiger partial charge in [0, 0.05) is 9.50 Å². The number of amides is 2. The van der Waals surface area contributed by atoms with Crippen molar-refractivity contribution in [2.24, 2.45) is 0 Å². The van der Waals surface area contributed by atoms with Crippen LogP contribution >= 0.6 is 39.3 Å². The lowest BCUT2D eigenvalue weighted by Crippen LogP contribution is -2.27. The fourth-order valence-corrected chi connectivity index (χ4v) is 4.18. The van der Waals surface area contributed by atoms with Crippen LogP contribution in [0, 0.1) is 0 Å². The topological polar surface area (TPSA) is 82.1 Å². The van der Waals surface area contributed by atoms with E-state index < -0.39 is 5.97 Å². The predicted octanol–water partition coefficient (Wildman–Crippen LogP) is 5.29. The normalized spacial score (nSPS) is 14.8. The van der Waals surface area contributed by atoms with Crippen LogP contribution in [0.15, 0.2) is 45.8 Å². The predicted molar refractivity (Wildman–Crippen MR) is 126 cm³/mol. The molecule has 1 heterocycles. The zero-order valence-electron chi connectivity index (χ0n) is 17.2. The van der Waals surface area contributed by atoms with E-state index in [1.807, 2.05) is 6.92 Å². The molecule has 0 bridgehead atoms. The number of carbonyl (C=O) groups is 3. The molecule has 0 spiro atoms. The number of rotatable bonds is 8. The molecule has 7 nitrogen and oxygen atoms in total. The Morgan fingerprint density at radius 3 is 2.50 bits per heavy atom. The number of nitrogens with zero attached hydrogens (tertiary/aromatic N) is 1. The lowest BCUT2D eigenvalue weighted by Gasteiger charge is -2.14. The van der Waals surface area contributed by atoms with E-state index in [2.05, 4.69) is 20.7 Å². The molecule has 2 aromatic rings. The van der Waals surface area contributed by atoms with E-state index in [9.17, 15) is 14.4 Å². The number of ether oxygens (including phenoxy) is 3. The molecule has 10 heteroatoms. The summed E-state index contributed by atoms with van der Waals surface area (Å²) in [5, 5.41) is 0.229. The Balaban J connectivity index is 1.84. The van der Waals surface area contributed by atoms with Crippen LogP contribution in [0.2, 0.25) is 5.02 Å². The molecular formula is C22H19BrClNO6S. The Kier molecular flexibility index (Phi) is 8.22. The number of hydrogen-bond donors (Lipinski definition) is 0. The van der Waals surface area contributed by atoms with Gasteiger partial charge in [0.1, 0.15) is 0 Å². The third kappa shape index (κ3) is 5.85. The second-order valence-corrected chi connectivity index (χ2v) is 8.80. The number of benzene rings is 2. The smallest absolute Gasteiger partial charge is 0.343 e. The Morgan fingerprint density at radius 1 is 1.16 bits per heavy atom. The minimum Gasteiger partial charge on any atom is -0.490 e. The van der Waals surface area contributed by atoms with Gasteiger partial charge >= 0.3 is 5.97 Å². The largest absolute Gasteiger partial charge is 0.490 e. The molecule has 0 aliphatic carbocycles. The van der Waals surface area contributed by atoms with E-state index in [-0.39, 0.29) is 29.2 Å². The first-order valence-electron chi connectivity index (χ1n) is 9.48. The molecule has 3 rings (SSSR count). The molecule has 1 aliphatic heterocycles. The maximum absolute atomic E-state index is 12.9. The summed E-state index contributed by atoms with van der Waals surface area (Å²) in [6.45, 7) is 2.07. The Hall–Kier alpha value is -2.49. The second kappa shape index (κ2) is 10.9. The summed E-state index contributed by atoms with van der Waals surface area (Å²) in [7, 11) is 1.27. The van der Waals surface area contributed by atoms with Gasteiger partial charge in [-0.1, -0.05) is 39.7 Å². The minimum absolute atomic E-state index is 0.158. The van der Waals surface area contributed by atoms with Crippen molar-refractivity contribution in [2.75, 3.05) is 20.3 Å². The summed E-state index contributed by atoms with van der Waals surface area (Å²) in [4.78, 5) is 38.2. The van der Waals surface area contributed by atoms with Crippen molar-refractivity contribution >= 4 is 62.5 Å². The van der Waals surface area contributed by atoms with Gasteiger partial charge < -0.3 is 14.2 Å². The van der Waals surface area contributed by atoms with Gasteiger partial charge in [0.05, 0.1) is 25.2 Å². The molecule has 2 amide bonds. The van der Waals surface area contributed by atoms with Crippen LogP contribution in [0.1, 0.15) is 18.1 Å². The number of halogens is 2. The third-order valence-electron chi connectivity index (χ3n) is 4.35. The second-order valence-electron chi connectivity index (χ2n) is 6.51. The Morgan fingerprint density at radius 2 is 1.84 bits per heavy atom. The number of methoxy groups -OCH3 is 1. The van der Waals surface area contributed by atoms with Crippen molar-refractivity contribution in [3.63, 3.8) is 0 Å². The van der Waals surface area contributed by atoms with Crippen LogP contribution < -0.4 is 9.47 Å². The van der Waals surface area contributed by atoms with Crippen LogP contribution in [-0.2, 0) is 20.9 Å². The first-order chi connectivity index (χ1) is 15.3. The SMILES string of the molecule is CCOc1cc(/C=C2/SC(=O)N(Cc3ccc(Cl)cc3)C2=O)c(Br)cc1OCC(=O)OC. The van der Waals surface area contributed by atoms with Crippen molar-refractivity contribution in [2.45, 2.75) is 13.5 Å². The first kappa shape index (κ1) is 24.2. The maximum atomic E-state index is 12.9. The number of hydrogen-bond acceptors (Lipinski definition) is 7. The van der Waals surface area contributed by atoms with Gasteiger partial charge in [0.25, 0.3) is 11.1 Å². The van der Waals surface area contributed by atoms with E-state index in [4.69, 9.17) is 21.1 Å². The van der Waals surface area contributed by atoms with Crippen LogP contribution in [0.5, 0.6) is 11.5 Å². The standard InChI is InChI=1S/C22H19BrClNO6S/c1-3-30-17-8-14(16(23)10-18(17)31-12-20(26)29-2)9-19-21(27)25(22(28)32-19)11-13-4-6-15(24)7-5-13/h4-10H,3,11-12H2,1-2H3/b19-9+. The van der Waals surface area contributed by atoms with E-state index in [0.29, 0.717) is 33.2 Å². The summed E-state index contributed by atoms with van der Waals surface area (Å²) in [5.41, 5.74) is 1.42. The third-order valence-corrected chi connectivity index (χ3v) is 6.20. The Labute approximate surface area is 202 Å². The molecule has 0 aromatic heterocycles. The fourth-order valence-electron chi connectivity index (χ4n) is 2.79. The fraction of sp³-hybridized carbons (Fsp3) is 0.227. The van der Waals surface area contributed by atoms with Crippen LogP contribution in [0.25, 0.3) is 6.08 Å². The van der Waals surface area contributed by atoms with Gasteiger partial charge in [-0.15, -0.1) is 0 Å². The van der Waals surface area contributed by atoms with Crippen molar-refractivity contribution in [1.29, 1.82) is 0 Å². The van der Waals surface area contributed by atoms with Crippen LogP contribution in [0.3, 0.4) is 0 Å². The highest BCUT2D eigenvalue weighted by molar-refractivity contribution is 9.10. The first-order valence-corrected chi connectivity index (χ1v) is 11.5. The monoisotopic (exact) mass is 539 g/mol. The molecule has 168 valence electrons. The quantitative estimate of drug-likeness (QED) is 0.332. The molecular weight excluding hydrogens is 522 g/mol. The number of imide groups is 1. The summed E-state index contributed by atoms with van der Waals surface area (Å²) >= 11 is 10.2. The molecule has 0 saturated carbocycles. The lowest BCUT2D eigenvalue weighted by atomic mass is 10.1. The van der Waals surface area contributed by atoms with Crippen LogP contribution in [0.4, 0.5) is 4.79 Å². The van der Waals surface area contributed by atoms with Crippen LogP contribution in [-0.4, -0.2) is 42.3 Å². The average molecular weight is 541 g/mol. The van der Waals surface area contributed by atoms with Gasteiger partial charge in [-0.05, 0) is 60.2 Å². The van der Waals surface area contributed by atoms with Gasteiger partial charge in [-0.3, -0.25) is 14.5 Å². The number of esters is 1. The van der Waals surface area contributed by atoms with E-state index in [1.54, 1.807) is 42.5 Å². The van der Waals surface area contributed by atoms with Gasteiger partial charge in [-0.25, -0.2) is 4.79 Å². The summed E-state index contributed by atoms with van der Waals surface area (Å²) in [6.07, 6.45) is 1.61. The van der Waals surface area contributed by atoms with E-state index in [0.717, 1.165) is 17.3 Å². The Bertz CT molecular complexity index is 1070. The van der Waals surface area contributed by atoms with E-state index in [1.165, 1.54) is 12.0 Å². The summed E-state index contributed by atoms with van der Waals surface area (Å²) in [6, 6.07) is 10.3. The maximum Gasteiger partial charge on any atom is 0.343 e. The van der Waals surface area contributed by atoms with Gasteiger partial charge in [0.2, 0.25) is 0 Å². The van der Waals surface area contributed by atoms with E-state index >= 15 is 0 Å². The summed E-state index contributed by atoms with van der Waals surface area (Å²) < 4.78 is 16.3. The number of carbonyl (C=O) groups excluding carboxylic acids is 3. The molecule has 0 N–H and O–H groups in total. The molecule has 0 radical (unpaired) electrons. The molecule has 1 aliphatic rings. The van der Waals surface area contributed by atoms with Gasteiger partial charge in [-0.2, -0.15) is 0 Å².